The van der Waals surface area contributed by atoms with Gasteiger partial charge in [0.2, 0.25) is 0 Å². The highest BCUT2D eigenvalue weighted by Gasteiger charge is 2.13. The van der Waals surface area contributed by atoms with E-state index in [1.807, 2.05) is 0 Å². The Bertz CT molecular complexity index is 607. The number of hydrogen-bond donors (Lipinski definition) is 0. The van der Waals surface area contributed by atoms with Crippen LogP contribution in [-0.4, -0.2) is 11.9 Å². The minimum Gasteiger partial charge on any atom is -0.423 e. The molecular formula is C27H44O4. The van der Waals surface area contributed by atoms with Crippen LogP contribution < -0.4 is 9.47 Å². The average Bonchev–Trinajstić information content (AvgIpc) is 2.77. The second-order valence-corrected chi connectivity index (χ2v) is 8.55. The number of unbranched alkanes of at least 4 members (excludes halogenated alkanes) is 8. The predicted molar refractivity (Wildman–Crippen MR) is 127 cm³/mol. The predicted octanol–water partition coefficient (Wildman–Crippen LogP) is 8.02. The first-order valence-electron chi connectivity index (χ1n) is 12.6. The summed E-state index contributed by atoms with van der Waals surface area (Å²) >= 11 is 0. The van der Waals surface area contributed by atoms with Gasteiger partial charge in [-0.25, -0.2) is 0 Å². The fourth-order valence-corrected chi connectivity index (χ4v) is 3.77. The molecule has 31 heavy (non-hydrogen) atoms. The molecule has 1 aromatic carbocycles. The van der Waals surface area contributed by atoms with Gasteiger partial charge in [0.15, 0.2) is 11.5 Å². The topological polar surface area (TPSA) is 52.6 Å². The Kier molecular flexibility index (Phi) is 15.6. The van der Waals surface area contributed by atoms with Gasteiger partial charge in [-0.2, -0.15) is 0 Å². The summed E-state index contributed by atoms with van der Waals surface area (Å²) in [6.07, 6.45) is 15.7. The molecule has 1 aromatic rings. The van der Waals surface area contributed by atoms with Crippen molar-refractivity contribution in [2.75, 3.05) is 0 Å². The fourth-order valence-electron chi connectivity index (χ4n) is 3.77. The van der Waals surface area contributed by atoms with E-state index >= 15 is 0 Å². The molecule has 0 aromatic heterocycles. The molecule has 0 aliphatic heterocycles. The highest BCUT2D eigenvalue weighted by Crippen LogP contribution is 2.28. The maximum absolute atomic E-state index is 12.2. The molecule has 0 N–H and O–H groups in total. The van der Waals surface area contributed by atoms with E-state index in [0.717, 1.165) is 38.0 Å². The van der Waals surface area contributed by atoms with Gasteiger partial charge in [0.05, 0.1) is 0 Å². The number of carbonyl (C=O) groups excluding carboxylic acids is 2. The van der Waals surface area contributed by atoms with Crippen LogP contribution in [-0.2, 0) is 9.59 Å². The molecule has 0 saturated carbocycles. The van der Waals surface area contributed by atoms with Crippen molar-refractivity contribution in [3.63, 3.8) is 0 Å². The van der Waals surface area contributed by atoms with Gasteiger partial charge in [-0.05, 0) is 30.9 Å². The van der Waals surface area contributed by atoms with E-state index in [2.05, 4.69) is 20.8 Å². The molecule has 0 aliphatic carbocycles. The second kappa shape index (κ2) is 17.8. The maximum atomic E-state index is 12.2. The molecule has 0 amide bonds. The van der Waals surface area contributed by atoms with Gasteiger partial charge in [0.25, 0.3) is 0 Å². The Hall–Kier alpha value is -1.84. The smallest absolute Gasteiger partial charge is 0.311 e. The number of para-hydroxylation sites is 2. The molecule has 0 bridgehead atoms. The number of ether oxygens (including phenoxy) is 2. The normalized spacial score (nSPS) is 11.0. The highest BCUT2D eigenvalue weighted by molar-refractivity contribution is 5.76. The van der Waals surface area contributed by atoms with Crippen LogP contribution in [0.1, 0.15) is 117 Å². The van der Waals surface area contributed by atoms with Crippen LogP contribution >= 0.6 is 0 Å². The fraction of sp³-hybridized carbons (Fsp3) is 0.704. The summed E-state index contributed by atoms with van der Waals surface area (Å²) in [6.45, 7) is 6.66. The lowest BCUT2D eigenvalue weighted by Crippen LogP contribution is -2.12. The monoisotopic (exact) mass is 432 g/mol. The zero-order chi connectivity index (χ0) is 22.7. The molecule has 0 radical (unpaired) electrons. The number of benzene rings is 1. The van der Waals surface area contributed by atoms with Gasteiger partial charge in [0.1, 0.15) is 0 Å². The molecule has 0 aliphatic rings. The number of hydrogen-bond acceptors (Lipinski definition) is 4. The maximum Gasteiger partial charge on any atom is 0.311 e. The van der Waals surface area contributed by atoms with E-state index in [-0.39, 0.29) is 11.9 Å². The van der Waals surface area contributed by atoms with Gasteiger partial charge in [-0.1, -0.05) is 104 Å². The van der Waals surface area contributed by atoms with Crippen LogP contribution in [0.2, 0.25) is 0 Å². The minimum atomic E-state index is -0.267. The standard InChI is InChI=1S/C27H44O4/c1-4-7-8-9-10-11-12-13-21-26(28)30-24-19-15-16-20-25(24)31-27(29)22-17-14-18-23(5-2)6-3/h15-16,19-20,23H,4-14,17-18,21-22H2,1-3H3. The zero-order valence-corrected chi connectivity index (χ0v) is 20.1. The molecule has 0 heterocycles. The van der Waals surface area contributed by atoms with Crippen molar-refractivity contribution in [2.24, 2.45) is 5.92 Å². The third-order valence-corrected chi connectivity index (χ3v) is 5.93. The molecule has 4 nitrogen and oxygen atoms in total. The molecular weight excluding hydrogens is 388 g/mol. The summed E-state index contributed by atoms with van der Waals surface area (Å²) in [6, 6.07) is 6.93. The summed E-state index contributed by atoms with van der Waals surface area (Å²) in [5.74, 6) is 0.877. The van der Waals surface area contributed by atoms with Crippen LogP contribution in [0.15, 0.2) is 24.3 Å². The second-order valence-electron chi connectivity index (χ2n) is 8.55. The third-order valence-electron chi connectivity index (χ3n) is 5.93. The Labute approximate surface area is 190 Å². The van der Waals surface area contributed by atoms with E-state index in [1.54, 1.807) is 24.3 Å². The van der Waals surface area contributed by atoms with Gasteiger partial charge in [-0.3, -0.25) is 9.59 Å². The highest BCUT2D eigenvalue weighted by atomic mass is 16.6. The van der Waals surface area contributed by atoms with E-state index in [9.17, 15) is 9.59 Å². The lowest BCUT2D eigenvalue weighted by molar-refractivity contribution is -0.137. The van der Waals surface area contributed by atoms with E-state index in [0.29, 0.717) is 24.3 Å². The van der Waals surface area contributed by atoms with Crippen LogP contribution in [0.4, 0.5) is 0 Å². The summed E-state index contributed by atoms with van der Waals surface area (Å²) in [5.41, 5.74) is 0. The third kappa shape index (κ3) is 13.2. The van der Waals surface area contributed by atoms with E-state index in [4.69, 9.17) is 9.47 Å². The SMILES string of the molecule is CCCCCCCCCCC(=O)Oc1ccccc1OC(=O)CCCCC(CC)CC. The molecule has 176 valence electrons. The van der Waals surface area contributed by atoms with Crippen LogP contribution in [0.5, 0.6) is 11.5 Å². The summed E-state index contributed by atoms with van der Waals surface area (Å²) in [7, 11) is 0. The van der Waals surface area contributed by atoms with Crippen molar-refractivity contribution < 1.29 is 19.1 Å². The largest absolute Gasteiger partial charge is 0.423 e. The van der Waals surface area contributed by atoms with Crippen molar-refractivity contribution in [3.8, 4) is 11.5 Å². The Morgan fingerprint density at radius 3 is 1.61 bits per heavy atom. The average molecular weight is 433 g/mol. The summed E-state index contributed by atoms with van der Waals surface area (Å²) < 4.78 is 11.0. The van der Waals surface area contributed by atoms with Crippen molar-refractivity contribution >= 4 is 11.9 Å². The lowest BCUT2D eigenvalue weighted by Gasteiger charge is -2.12. The molecule has 0 fully saturated rings. The molecule has 0 atom stereocenters. The summed E-state index contributed by atoms with van der Waals surface area (Å²) in [4.78, 5) is 24.4. The van der Waals surface area contributed by atoms with Gasteiger partial charge >= 0.3 is 11.9 Å². The van der Waals surface area contributed by atoms with Crippen molar-refractivity contribution in [1.82, 2.24) is 0 Å². The van der Waals surface area contributed by atoms with Gasteiger partial charge < -0.3 is 9.47 Å². The van der Waals surface area contributed by atoms with E-state index in [1.165, 1.54) is 51.4 Å². The van der Waals surface area contributed by atoms with Crippen LogP contribution in [0.3, 0.4) is 0 Å². The Morgan fingerprint density at radius 2 is 1.13 bits per heavy atom. The lowest BCUT2D eigenvalue weighted by atomic mass is 9.96. The first kappa shape index (κ1) is 27.2. The molecule has 0 saturated heterocycles. The Balaban J connectivity index is 2.30. The first-order chi connectivity index (χ1) is 15.1. The van der Waals surface area contributed by atoms with Crippen molar-refractivity contribution in [1.29, 1.82) is 0 Å². The zero-order valence-electron chi connectivity index (χ0n) is 20.1. The number of esters is 2. The van der Waals surface area contributed by atoms with Crippen LogP contribution in [0.25, 0.3) is 0 Å². The van der Waals surface area contributed by atoms with Crippen molar-refractivity contribution in [3.05, 3.63) is 24.3 Å². The summed E-state index contributed by atoms with van der Waals surface area (Å²) in [5, 5.41) is 0. The quantitative estimate of drug-likeness (QED) is 0.134. The molecule has 0 spiro atoms. The van der Waals surface area contributed by atoms with Gasteiger partial charge in [-0.15, -0.1) is 0 Å². The van der Waals surface area contributed by atoms with Crippen molar-refractivity contribution in [2.45, 2.75) is 117 Å². The Morgan fingerprint density at radius 1 is 0.677 bits per heavy atom. The van der Waals surface area contributed by atoms with Crippen LogP contribution in [0, 0.1) is 5.92 Å². The number of carbonyl (C=O) groups is 2. The molecule has 4 heteroatoms. The van der Waals surface area contributed by atoms with E-state index < -0.39 is 0 Å². The molecule has 1 rings (SSSR count). The number of rotatable bonds is 18. The molecule has 0 unspecified atom stereocenters. The van der Waals surface area contributed by atoms with Gasteiger partial charge in [0, 0.05) is 12.8 Å². The minimum absolute atomic E-state index is 0.264. The first-order valence-corrected chi connectivity index (χ1v) is 12.6.